The molecule has 0 spiro atoms. The summed E-state index contributed by atoms with van der Waals surface area (Å²) in [6.45, 7) is 2.62. The Balaban J connectivity index is 1.65. The van der Waals surface area contributed by atoms with Crippen LogP contribution >= 0.6 is 0 Å². The van der Waals surface area contributed by atoms with Crippen LogP contribution in [0.25, 0.3) is 0 Å². The first-order valence-electron chi connectivity index (χ1n) is 8.15. The van der Waals surface area contributed by atoms with E-state index in [-0.39, 0.29) is 17.7 Å². The second-order valence-electron chi connectivity index (χ2n) is 6.68. The fraction of sp³-hybridized carbons (Fsp3) is 0.300. The first kappa shape index (κ1) is 16.2. The molecule has 0 aromatic heterocycles. The molecular weight excluding hydrogens is 302 g/mol. The van der Waals surface area contributed by atoms with Gasteiger partial charge in [-0.3, -0.25) is 9.59 Å². The molecule has 0 atom stereocenters. The van der Waals surface area contributed by atoms with E-state index in [9.17, 15) is 9.59 Å². The molecule has 4 heteroatoms. The van der Waals surface area contributed by atoms with Gasteiger partial charge in [-0.25, -0.2) is 0 Å². The fourth-order valence-corrected chi connectivity index (χ4v) is 2.89. The third-order valence-electron chi connectivity index (χ3n) is 4.65. The van der Waals surface area contributed by atoms with Crippen molar-refractivity contribution in [1.29, 1.82) is 0 Å². The molecule has 24 heavy (non-hydrogen) atoms. The first-order valence-corrected chi connectivity index (χ1v) is 8.15. The van der Waals surface area contributed by atoms with Crippen molar-refractivity contribution in [3.05, 3.63) is 70.8 Å². The number of aliphatic carboxylic acids is 1. The zero-order valence-electron chi connectivity index (χ0n) is 13.7. The van der Waals surface area contributed by atoms with E-state index in [1.54, 1.807) is 12.1 Å². The van der Waals surface area contributed by atoms with E-state index in [1.807, 2.05) is 36.4 Å². The summed E-state index contributed by atoms with van der Waals surface area (Å²) in [7, 11) is 0. The highest BCUT2D eigenvalue weighted by atomic mass is 16.4. The van der Waals surface area contributed by atoms with Gasteiger partial charge in [0, 0.05) is 12.1 Å². The molecule has 1 aliphatic rings. The van der Waals surface area contributed by atoms with Crippen LogP contribution in [0.4, 0.5) is 0 Å². The highest BCUT2D eigenvalue weighted by molar-refractivity contribution is 5.96. The zero-order chi connectivity index (χ0) is 17.2. The van der Waals surface area contributed by atoms with Crippen LogP contribution in [0.1, 0.15) is 46.8 Å². The number of benzene rings is 2. The van der Waals surface area contributed by atoms with Crippen molar-refractivity contribution >= 4 is 11.9 Å². The molecule has 2 N–H and O–H groups in total. The summed E-state index contributed by atoms with van der Waals surface area (Å²) in [5.74, 6) is -0.908. The zero-order valence-corrected chi connectivity index (χ0v) is 13.7. The maximum absolute atomic E-state index is 12.5. The summed E-state index contributed by atoms with van der Waals surface area (Å²) in [6.07, 6.45) is 2.27. The highest BCUT2D eigenvalue weighted by Gasteiger charge is 2.41. The Bertz CT molecular complexity index is 761. The van der Waals surface area contributed by atoms with Crippen LogP contribution in [0.15, 0.2) is 48.5 Å². The van der Waals surface area contributed by atoms with Gasteiger partial charge < -0.3 is 10.4 Å². The quantitative estimate of drug-likeness (QED) is 0.857. The molecule has 124 valence electrons. The largest absolute Gasteiger partial charge is 0.481 e. The maximum Gasteiger partial charge on any atom is 0.307 e. The van der Waals surface area contributed by atoms with Crippen molar-refractivity contribution in [2.24, 2.45) is 0 Å². The number of carboxylic acid groups (broad SMARTS) is 1. The van der Waals surface area contributed by atoms with Crippen LogP contribution < -0.4 is 5.32 Å². The van der Waals surface area contributed by atoms with E-state index in [4.69, 9.17) is 5.11 Å². The van der Waals surface area contributed by atoms with Gasteiger partial charge in [0.05, 0.1) is 6.42 Å². The molecule has 0 unspecified atom stereocenters. The molecule has 0 heterocycles. The van der Waals surface area contributed by atoms with Crippen LogP contribution in [0.5, 0.6) is 0 Å². The second-order valence-corrected chi connectivity index (χ2v) is 6.68. The topological polar surface area (TPSA) is 66.4 Å². The summed E-state index contributed by atoms with van der Waals surface area (Å²) in [5, 5.41) is 11.7. The molecule has 0 aliphatic heterocycles. The number of hydrogen-bond acceptors (Lipinski definition) is 2. The monoisotopic (exact) mass is 323 g/mol. The van der Waals surface area contributed by atoms with E-state index in [0.29, 0.717) is 6.54 Å². The van der Waals surface area contributed by atoms with E-state index < -0.39 is 5.97 Å². The number of rotatable bonds is 6. The van der Waals surface area contributed by atoms with Gasteiger partial charge in [-0.15, -0.1) is 0 Å². The summed E-state index contributed by atoms with van der Waals surface area (Å²) in [6, 6.07) is 15.1. The Morgan fingerprint density at radius 1 is 1.04 bits per heavy atom. The third kappa shape index (κ3) is 3.65. The Labute approximate surface area is 141 Å². The highest BCUT2D eigenvalue weighted by Crippen LogP contribution is 2.48. The van der Waals surface area contributed by atoms with Crippen molar-refractivity contribution in [2.75, 3.05) is 0 Å². The maximum atomic E-state index is 12.5. The molecule has 0 saturated heterocycles. The minimum Gasteiger partial charge on any atom is -0.481 e. The number of carbonyl (C=O) groups excluding carboxylic acids is 1. The van der Waals surface area contributed by atoms with E-state index >= 15 is 0 Å². The molecule has 1 aliphatic carbocycles. The van der Waals surface area contributed by atoms with Gasteiger partial charge in [0.25, 0.3) is 5.91 Å². The molecule has 2 aromatic carbocycles. The SMILES string of the molecule is CC1(c2ccccc2C(=O)NCc2ccc(CC(=O)O)cc2)CC1. The smallest absolute Gasteiger partial charge is 0.307 e. The normalized spacial score (nSPS) is 14.9. The summed E-state index contributed by atoms with van der Waals surface area (Å²) in [4.78, 5) is 23.2. The minimum absolute atomic E-state index is 0.0125. The van der Waals surface area contributed by atoms with Crippen molar-refractivity contribution in [3.8, 4) is 0 Å². The molecule has 3 rings (SSSR count). The number of carboxylic acids is 1. The predicted molar refractivity (Wildman–Crippen MR) is 92.0 cm³/mol. The Hall–Kier alpha value is -2.62. The number of nitrogens with one attached hydrogen (secondary N) is 1. The second kappa shape index (κ2) is 6.48. The van der Waals surface area contributed by atoms with Crippen molar-refractivity contribution in [3.63, 3.8) is 0 Å². The number of hydrogen-bond donors (Lipinski definition) is 2. The average Bonchev–Trinajstić information content (AvgIpc) is 3.32. The average molecular weight is 323 g/mol. The van der Waals surface area contributed by atoms with Gasteiger partial charge in [0.15, 0.2) is 0 Å². The Kier molecular flexibility index (Phi) is 4.38. The van der Waals surface area contributed by atoms with Crippen LogP contribution in [-0.2, 0) is 23.2 Å². The lowest BCUT2D eigenvalue weighted by Crippen LogP contribution is -2.25. The molecular formula is C20H21NO3. The number of carbonyl (C=O) groups is 2. The van der Waals surface area contributed by atoms with Crippen LogP contribution in [0.2, 0.25) is 0 Å². The summed E-state index contributed by atoms with van der Waals surface area (Å²) in [5.41, 5.74) is 3.73. The van der Waals surface area contributed by atoms with Gasteiger partial charge in [-0.05, 0) is 41.0 Å². The molecule has 2 aromatic rings. The number of amides is 1. The van der Waals surface area contributed by atoms with E-state index in [0.717, 1.165) is 35.1 Å². The molecule has 1 saturated carbocycles. The van der Waals surface area contributed by atoms with Gasteiger partial charge in [0.2, 0.25) is 0 Å². The van der Waals surface area contributed by atoms with Crippen molar-refractivity contribution in [2.45, 2.75) is 38.1 Å². The van der Waals surface area contributed by atoms with Gasteiger partial charge in [-0.1, -0.05) is 49.4 Å². The van der Waals surface area contributed by atoms with E-state index in [2.05, 4.69) is 12.2 Å². The third-order valence-corrected chi connectivity index (χ3v) is 4.65. The van der Waals surface area contributed by atoms with Crippen LogP contribution in [0, 0.1) is 0 Å². The lowest BCUT2D eigenvalue weighted by atomic mass is 9.93. The summed E-state index contributed by atoms with van der Waals surface area (Å²) < 4.78 is 0. The van der Waals surface area contributed by atoms with Crippen molar-refractivity contribution in [1.82, 2.24) is 5.32 Å². The summed E-state index contributed by atoms with van der Waals surface area (Å²) >= 11 is 0. The first-order chi connectivity index (χ1) is 11.5. The molecule has 0 radical (unpaired) electrons. The van der Waals surface area contributed by atoms with Gasteiger partial charge in [-0.2, -0.15) is 0 Å². The van der Waals surface area contributed by atoms with Crippen molar-refractivity contribution < 1.29 is 14.7 Å². The lowest BCUT2D eigenvalue weighted by Gasteiger charge is -2.15. The molecule has 0 bridgehead atoms. The molecule has 1 amide bonds. The van der Waals surface area contributed by atoms with Crippen LogP contribution in [0.3, 0.4) is 0 Å². The van der Waals surface area contributed by atoms with Gasteiger partial charge >= 0.3 is 5.97 Å². The Morgan fingerprint density at radius 3 is 2.29 bits per heavy atom. The molecule has 1 fully saturated rings. The fourth-order valence-electron chi connectivity index (χ4n) is 2.89. The minimum atomic E-state index is -0.846. The van der Waals surface area contributed by atoms with Crippen LogP contribution in [-0.4, -0.2) is 17.0 Å². The standard InChI is InChI=1S/C20H21NO3/c1-20(10-11-20)17-5-3-2-4-16(17)19(24)21-13-15-8-6-14(7-9-15)12-18(22)23/h2-9H,10-13H2,1H3,(H,21,24)(H,22,23). The predicted octanol–water partition coefficient (Wildman–Crippen LogP) is 3.30. The molecule has 4 nitrogen and oxygen atoms in total. The van der Waals surface area contributed by atoms with E-state index in [1.165, 1.54) is 0 Å². The van der Waals surface area contributed by atoms with Gasteiger partial charge in [0.1, 0.15) is 0 Å². The Morgan fingerprint density at radius 2 is 1.67 bits per heavy atom. The lowest BCUT2D eigenvalue weighted by molar-refractivity contribution is -0.136.